The number of carbonyl (C=O) groups is 5. The van der Waals surface area contributed by atoms with Gasteiger partial charge in [0.25, 0.3) is 23.6 Å². The fourth-order valence-corrected chi connectivity index (χ4v) is 13.1. The van der Waals surface area contributed by atoms with Gasteiger partial charge in [-0.15, -0.1) is 25.5 Å². The van der Waals surface area contributed by atoms with E-state index in [1.165, 1.54) is 134 Å². The van der Waals surface area contributed by atoms with Gasteiger partial charge in [0.1, 0.15) is 44.3 Å². The van der Waals surface area contributed by atoms with Crippen LogP contribution in [0.3, 0.4) is 0 Å². The number of fused-ring (bicyclic) bond motifs is 1. The molecule has 0 spiro atoms. The van der Waals surface area contributed by atoms with Crippen molar-refractivity contribution in [3.8, 4) is 56.9 Å². The summed E-state index contributed by atoms with van der Waals surface area (Å²) in [5, 5.41) is 40.8. The number of nitrogens with one attached hydrogen (secondary N) is 1. The summed E-state index contributed by atoms with van der Waals surface area (Å²) < 4.78 is 92.0. The highest BCUT2D eigenvalue weighted by Gasteiger charge is 2.33. The number of amides is 4. The van der Waals surface area contributed by atoms with Gasteiger partial charge in [-0.3, -0.25) is 29.0 Å². The van der Waals surface area contributed by atoms with Crippen LogP contribution in [0, 0.1) is 55.4 Å². The number of nitrogens with two attached hydrogens (primary N) is 4. The van der Waals surface area contributed by atoms with Crippen molar-refractivity contribution in [1.29, 1.82) is 0 Å². The average Bonchev–Trinajstić information content (AvgIpc) is 1.54. The molecule has 670 valence electrons. The Morgan fingerprint density at radius 1 is 0.379 bits per heavy atom. The third-order valence-electron chi connectivity index (χ3n) is 18.6. The Kier molecular flexibility index (Phi) is 29.4. The highest BCUT2D eigenvalue weighted by Crippen LogP contribution is 2.35. The van der Waals surface area contributed by atoms with Crippen LogP contribution in [0.2, 0.25) is 0 Å². The predicted octanol–water partition coefficient (Wildman–Crippen LogP) is 13.1. The number of rotatable bonds is 21. The van der Waals surface area contributed by atoms with Crippen molar-refractivity contribution in [2.45, 2.75) is 87.7 Å². The number of aromatic nitrogens is 25. The Labute approximate surface area is 748 Å². The first kappa shape index (κ1) is 93.7. The molecule has 4 amide bonds. The zero-order valence-electron chi connectivity index (χ0n) is 72.4. The zero-order chi connectivity index (χ0) is 94.8. The van der Waals surface area contributed by atoms with E-state index >= 15 is 0 Å². The number of benzene rings is 6. The molecule has 0 bridgehead atoms. The van der Waals surface area contributed by atoms with Crippen LogP contribution in [0.1, 0.15) is 97.3 Å². The molecule has 0 radical (unpaired) electrons. The third kappa shape index (κ3) is 25.3. The Morgan fingerprint density at radius 2 is 0.712 bits per heavy atom. The first-order valence-corrected chi connectivity index (χ1v) is 39.7. The maximum absolute atomic E-state index is 13.1. The van der Waals surface area contributed by atoms with E-state index in [0.29, 0.717) is 62.0 Å². The summed E-state index contributed by atoms with van der Waals surface area (Å²) in [7, 11) is 1.69. The second kappa shape index (κ2) is 41.3. The summed E-state index contributed by atoms with van der Waals surface area (Å²) in [5.74, 6) is -1.11. The van der Waals surface area contributed by atoms with Gasteiger partial charge in [0, 0.05) is 124 Å². The number of hydrogen-bond acceptors (Lipinski definition) is 24. The fraction of sp³-hybridized carbons (Fsp3) is 0.154. The normalized spacial score (nSPS) is 11.9. The maximum atomic E-state index is 13.1. The van der Waals surface area contributed by atoms with E-state index in [0.717, 1.165) is 85.2 Å². The van der Waals surface area contributed by atoms with E-state index in [-0.39, 0.29) is 51.2 Å². The number of hydrogen-bond donors (Lipinski definition) is 5. The van der Waals surface area contributed by atoms with Crippen LogP contribution in [0.15, 0.2) is 215 Å². The molecule has 41 heteroatoms. The molecule has 0 atom stereocenters. The molecule has 0 aliphatic heterocycles. The molecule has 0 saturated carbocycles. The number of carbonyl (C=O) groups excluding carboxylic acids is 5. The highest BCUT2D eigenvalue weighted by atomic mass is 19.4. The SMILES string of the molecule is Cc1cc(-c2ncn(/C=C(/C(=O)OC(C)C)c3cncnc3)n2)cc(C(F)(F)F)c1.Cc1cc(-c2ncn(/C=C(/C(N)=O)c3cnn(C)c3)n2)cc(C(F)(F)F)c1.Cc1cc(C)cc(-c2ncn(/C=C(/C(N)=O)c3ccc4cn[nH]c4c3)n2)c1.Cc1cc(C)cc(-c2ncn(/C=C(/C(N)=O)c3ccnnc3)n2)c1.Cc1cc(C)cc(-c2ncn(/C=C(\C(N)=O)c3cncnc3)n2)c1. The number of ether oxygens (including phenoxy) is 1. The largest absolute Gasteiger partial charge is 0.459 e. The first-order valence-electron chi connectivity index (χ1n) is 39.7. The van der Waals surface area contributed by atoms with Crippen LogP contribution in [0.25, 0.3) is 127 Å². The number of primary amides is 4. The maximum Gasteiger partial charge on any atom is 0.416 e. The Balaban J connectivity index is 0.000000149. The molecule has 0 aliphatic carbocycles. The molecule has 16 rings (SSSR count). The molecule has 0 saturated heterocycles. The van der Waals surface area contributed by atoms with Gasteiger partial charge < -0.3 is 27.7 Å². The van der Waals surface area contributed by atoms with E-state index in [1.54, 1.807) is 77.9 Å². The minimum atomic E-state index is -4.48. The molecule has 132 heavy (non-hydrogen) atoms. The van der Waals surface area contributed by atoms with Gasteiger partial charge in [-0.05, 0) is 171 Å². The summed E-state index contributed by atoms with van der Waals surface area (Å²) in [5.41, 5.74) is 35.8. The molecular weight excluding hydrogens is 1710 g/mol. The lowest BCUT2D eigenvalue weighted by molar-refractivity contribution is -0.140. The summed E-state index contributed by atoms with van der Waals surface area (Å²) in [6, 6.07) is 32.7. The van der Waals surface area contributed by atoms with Crippen LogP contribution >= 0.6 is 0 Å². The lowest BCUT2D eigenvalue weighted by Gasteiger charge is -2.10. The summed E-state index contributed by atoms with van der Waals surface area (Å²) in [6.45, 7) is 18.7. The van der Waals surface area contributed by atoms with Gasteiger partial charge in [0.15, 0.2) is 29.1 Å². The van der Waals surface area contributed by atoms with Crippen LogP contribution in [0.4, 0.5) is 26.3 Å². The molecule has 16 aromatic rings. The van der Waals surface area contributed by atoms with Crippen LogP contribution < -0.4 is 22.9 Å². The Hall–Kier alpha value is -17.4. The molecule has 6 aromatic carbocycles. The van der Waals surface area contributed by atoms with Crippen molar-refractivity contribution in [2.24, 2.45) is 30.0 Å². The second-order valence-corrected chi connectivity index (χ2v) is 30.1. The Bertz CT molecular complexity index is 6840. The zero-order valence-corrected chi connectivity index (χ0v) is 72.4. The predicted molar refractivity (Wildman–Crippen MR) is 479 cm³/mol. The number of aromatic amines is 1. The van der Waals surface area contributed by atoms with Crippen molar-refractivity contribution >= 4 is 99.4 Å². The minimum absolute atomic E-state index is 0.0846. The number of halogens is 6. The van der Waals surface area contributed by atoms with Crippen LogP contribution in [0.5, 0.6) is 0 Å². The van der Waals surface area contributed by atoms with E-state index in [4.69, 9.17) is 27.7 Å². The van der Waals surface area contributed by atoms with E-state index in [1.807, 2.05) is 96.1 Å². The first-order chi connectivity index (χ1) is 62.8. The van der Waals surface area contributed by atoms with Gasteiger partial charge in [-0.2, -0.15) is 46.7 Å². The second-order valence-electron chi connectivity index (χ2n) is 30.1. The summed E-state index contributed by atoms with van der Waals surface area (Å²) in [6.07, 6.45) is 21.6. The molecule has 10 heterocycles. The van der Waals surface area contributed by atoms with Gasteiger partial charge in [0.05, 0.1) is 75.4 Å². The van der Waals surface area contributed by atoms with E-state index in [9.17, 15) is 50.3 Å². The summed E-state index contributed by atoms with van der Waals surface area (Å²) in [4.78, 5) is 96.3. The van der Waals surface area contributed by atoms with Crippen molar-refractivity contribution in [2.75, 3.05) is 0 Å². The van der Waals surface area contributed by atoms with Gasteiger partial charge in [-0.25, -0.2) is 73.1 Å². The minimum Gasteiger partial charge on any atom is -0.459 e. The fourth-order valence-electron chi connectivity index (χ4n) is 13.1. The Morgan fingerprint density at radius 3 is 1.05 bits per heavy atom. The van der Waals surface area contributed by atoms with Gasteiger partial charge in [-0.1, -0.05) is 63.7 Å². The standard InChI is InChI=1S/C20H18F3N5O2.C20H18N6O.C17H15F3N6O.2C17H16N6O/c1-12(2)30-19(29)17(15-7-24-10-25-8-15)9-28-11-26-18(27-28)14-4-13(3)5-16(6-14)20(21,22)23;1-12-5-13(2)7-16(6-12)20-22-11-26(25-20)10-17(19(21)27)14-3-4-15-9-23-24-18(15)8-14;1-10-3-11(5-13(4-10)17(18,19)20)16-22-9-26(24-16)8-14(15(21)27)12-6-23-25(2)7-12;1-11-3-12(2)5-13(4-11)17-21-10-23(22-17)8-15(16(18)24)14-6-19-9-20-7-14;1-11-5-12(2)7-14(6-11)17-19-10-23(22-17)9-15(16(18)24)13-3-4-20-21-8-13/h4-12H,1-3H3;3-11H,1-2H3,(H2,21,27)(H,23,24);3-9H,1-2H3,(H2,21,27);2*3-10H,1-2H3,(H2,18,24)/b17-9+;17-10+;14-8+;15-8-;15-9+. The molecule has 9 N–H and O–H groups in total. The van der Waals surface area contributed by atoms with Gasteiger partial charge >= 0.3 is 18.3 Å². The molecular formula is C91H83F6N29O6. The lowest BCUT2D eigenvalue weighted by Crippen LogP contribution is -2.14. The van der Waals surface area contributed by atoms with Crippen molar-refractivity contribution in [3.05, 3.63) is 299 Å². The number of aryl methyl sites for hydroxylation is 9. The molecule has 35 nitrogen and oxygen atoms in total. The molecule has 10 aromatic heterocycles. The van der Waals surface area contributed by atoms with E-state index in [2.05, 4.69) is 114 Å². The smallest absolute Gasteiger partial charge is 0.416 e. The van der Waals surface area contributed by atoms with Crippen molar-refractivity contribution in [1.82, 2.24) is 124 Å². The van der Waals surface area contributed by atoms with E-state index < -0.39 is 53.1 Å². The topological polar surface area (TPSA) is 476 Å². The lowest BCUT2D eigenvalue weighted by atomic mass is 10.1. The number of esters is 1. The van der Waals surface area contributed by atoms with Crippen molar-refractivity contribution in [3.63, 3.8) is 0 Å². The highest BCUT2D eigenvalue weighted by molar-refractivity contribution is 6.24. The molecule has 0 unspecified atom stereocenters. The average molecular weight is 1790 g/mol. The van der Waals surface area contributed by atoms with Crippen molar-refractivity contribution < 1.29 is 55.1 Å². The van der Waals surface area contributed by atoms with Gasteiger partial charge in [0.2, 0.25) is 0 Å². The number of alkyl halides is 6. The molecule has 0 aliphatic rings. The summed E-state index contributed by atoms with van der Waals surface area (Å²) >= 11 is 0. The van der Waals surface area contributed by atoms with Crippen LogP contribution in [-0.4, -0.2) is 160 Å². The monoisotopic (exact) mass is 1790 g/mol. The number of H-pyrrole nitrogens is 1. The number of nitrogens with zero attached hydrogens (tertiary/aromatic N) is 24. The van der Waals surface area contributed by atoms with Crippen LogP contribution in [-0.2, 0) is 48.1 Å². The molecule has 0 fully saturated rings. The third-order valence-corrected chi connectivity index (χ3v) is 18.6. The quantitative estimate of drug-likeness (QED) is 0.0253.